The van der Waals surface area contributed by atoms with Crippen LogP contribution in [0.4, 0.5) is 20.3 Å². The predicted octanol–water partition coefficient (Wildman–Crippen LogP) is 3.05. The van der Waals surface area contributed by atoms with E-state index in [-0.39, 0.29) is 35.8 Å². The molecule has 0 spiro atoms. The van der Waals surface area contributed by atoms with Crippen molar-refractivity contribution in [2.75, 3.05) is 30.4 Å². The molecule has 34 heavy (non-hydrogen) atoms. The summed E-state index contributed by atoms with van der Waals surface area (Å²) in [6.07, 6.45) is 0.563. The van der Waals surface area contributed by atoms with Gasteiger partial charge < -0.3 is 19.6 Å². The van der Waals surface area contributed by atoms with Gasteiger partial charge in [-0.2, -0.15) is 4.98 Å². The van der Waals surface area contributed by atoms with Crippen LogP contribution in [0.25, 0.3) is 11.4 Å². The van der Waals surface area contributed by atoms with Gasteiger partial charge in [0.25, 0.3) is 0 Å². The Morgan fingerprint density at radius 3 is 2.68 bits per heavy atom. The molecule has 2 atom stereocenters. The van der Waals surface area contributed by atoms with Crippen molar-refractivity contribution in [3.8, 4) is 11.4 Å². The number of carbonyl (C=O) groups excluding carboxylic acids is 2. The van der Waals surface area contributed by atoms with Gasteiger partial charge in [0.05, 0.1) is 22.7 Å². The Hall–Kier alpha value is -3.54. The van der Waals surface area contributed by atoms with E-state index < -0.39 is 0 Å². The number of thiazole rings is 1. The summed E-state index contributed by atoms with van der Waals surface area (Å²) in [5.41, 5.74) is 1.54. The van der Waals surface area contributed by atoms with E-state index >= 15 is 0 Å². The maximum absolute atomic E-state index is 13.3. The van der Waals surface area contributed by atoms with Crippen LogP contribution < -0.4 is 15.5 Å². The number of halogens is 1. The Morgan fingerprint density at radius 1 is 1.21 bits per heavy atom. The fourth-order valence-electron chi connectivity index (χ4n) is 4.42. The molecule has 178 valence electrons. The molecule has 0 radical (unpaired) electrons. The summed E-state index contributed by atoms with van der Waals surface area (Å²) in [7, 11) is 1.54. The molecule has 10 nitrogen and oxygen atoms in total. The van der Waals surface area contributed by atoms with Gasteiger partial charge in [0.1, 0.15) is 5.82 Å². The summed E-state index contributed by atoms with van der Waals surface area (Å²) in [5.74, 6) is -0.0110. The topological polar surface area (TPSA) is 116 Å². The molecule has 2 aromatic heterocycles. The van der Waals surface area contributed by atoms with E-state index in [4.69, 9.17) is 4.52 Å². The minimum atomic E-state index is -0.344. The van der Waals surface area contributed by atoms with Crippen molar-refractivity contribution >= 4 is 34.4 Å². The number of nitrogens with one attached hydrogen (secondary N) is 2. The Kier molecular flexibility index (Phi) is 5.68. The van der Waals surface area contributed by atoms with E-state index in [1.807, 2.05) is 23.6 Å². The van der Waals surface area contributed by atoms with E-state index in [9.17, 15) is 14.0 Å². The van der Waals surface area contributed by atoms with Gasteiger partial charge in [-0.15, -0.1) is 0 Å². The van der Waals surface area contributed by atoms with E-state index in [1.54, 1.807) is 19.2 Å². The number of piperazine rings is 1. The first-order chi connectivity index (χ1) is 16.3. The molecular formula is C22H24FN7O3S. The molecule has 1 aromatic carbocycles. The number of fused-ring (bicyclic) bond motifs is 4. The van der Waals surface area contributed by atoms with Crippen LogP contribution in [0.2, 0.25) is 0 Å². The van der Waals surface area contributed by atoms with Crippen LogP contribution in [-0.4, -0.2) is 58.1 Å². The van der Waals surface area contributed by atoms with Crippen molar-refractivity contribution in [1.29, 1.82) is 0 Å². The van der Waals surface area contributed by atoms with Crippen molar-refractivity contribution in [1.82, 2.24) is 25.3 Å². The number of nitrogens with zero attached hydrogens (tertiary/aromatic N) is 5. The van der Waals surface area contributed by atoms with Crippen LogP contribution in [0.5, 0.6) is 0 Å². The number of hydrogen-bond acceptors (Lipinski definition) is 8. The van der Waals surface area contributed by atoms with Gasteiger partial charge in [-0.05, 0) is 24.3 Å². The molecule has 1 fully saturated rings. The number of rotatable bonds is 4. The molecule has 1 saturated heterocycles. The second-order valence-electron chi connectivity index (χ2n) is 8.62. The van der Waals surface area contributed by atoms with Crippen molar-refractivity contribution < 1.29 is 18.5 Å². The molecule has 3 aromatic rings. The lowest BCUT2D eigenvalue weighted by atomic mass is 9.93. The molecule has 4 heterocycles. The quantitative estimate of drug-likeness (QED) is 0.583. The highest BCUT2D eigenvalue weighted by molar-refractivity contribution is 7.16. The van der Waals surface area contributed by atoms with Crippen LogP contribution in [0.15, 0.2) is 28.8 Å². The predicted molar refractivity (Wildman–Crippen MR) is 124 cm³/mol. The van der Waals surface area contributed by atoms with Crippen molar-refractivity contribution in [2.45, 2.75) is 32.4 Å². The highest BCUT2D eigenvalue weighted by Crippen LogP contribution is 2.44. The number of urea groups is 1. The van der Waals surface area contributed by atoms with Gasteiger partial charge in [-0.25, -0.2) is 14.2 Å². The Labute approximate surface area is 199 Å². The number of carbonyl (C=O) groups is 2. The van der Waals surface area contributed by atoms with Crippen LogP contribution >= 0.6 is 11.3 Å². The van der Waals surface area contributed by atoms with Crippen molar-refractivity contribution in [3.05, 3.63) is 40.7 Å². The summed E-state index contributed by atoms with van der Waals surface area (Å²) in [6, 6.07) is 5.52. The molecule has 2 N–H and O–H groups in total. The van der Waals surface area contributed by atoms with Crippen LogP contribution in [0.3, 0.4) is 0 Å². The molecule has 3 amide bonds. The number of anilines is 2. The maximum atomic E-state index is 13.3. The first-order valence-corrected chi connectivity index (χ1v) is 11.8. The average molecular weight is 486 g/mol. The third kappa shape index (κ3) is 3.98. The first-order valence-electron chi connectivity index (χ1n) is 11.0. The normalized spacial score (nSPS) is 19.2. The zero-order valence-corrected chi connectivity index (χ0v) is 19.7. The van der Waals surface area contributed by atoms with Crippen LogP contribution in [0, 0.1) is 11.7 Å². The van der Waals surface area contributed by atoms with Crippen LogP contribution in [0.1, 0.15) is 30.5 Å². The minimum absolute atomic E-state index is 0.0869. The molecule has 0 saturated carbocycles. The molecule has 2 aliphatic rings. The maximum Gasteiger partial charge on any atom is 0.325 e. The standard InChI is InChI=1S/C22H24FN7O3S/c1-11(2)19(31)29-9-14-8-15-17(34-21(25-15)27-20(32)24-3)16(10-29)30(14)22-26-18(28-33-22)12-4-6-13(23)7-5-12/h4-7,11,14,16H,8-10H2,1-3H3,(H2,24,25,27,32)/t14-,16-/m1/s1. The monoisotopic (exact) mass is 485 g/mol. The summed E-state index contributed by atoms with van der Waals surface area (Å²) in [4.78, 5) is 38.7. The summed E-state index contributed by atoms with van der Waals surface area (Å²) < 4.78 is 19.0. The lowest BCUT2D eigenvalue weighted by molar-refractivity contribution is -0.136. The second kappa shape index (κ2) is 8.67. The number of amides is 3. The fraction of sp³-hybridized carbons (Fsp3) is 0.409. The number of hydrogen-bond donors (Lipinski definition) is 2. The largest absolute Gasteiger partial charge is 0.341 e. The Bertz CT molecular complexity index is 1230. The Balaban J connectivity index is 1.50. The molecule has 0 unspecified atom stereocenters. The smallest absolute Gasteiger partial charge is 0.325 e. The summed E-state index contributed by atoms with van der Waals surface area (Å²) in [5, 5.41) is 9.87. The van der Waals surface area contributed by atoms with E-state index in [2.05, 4.69) is 25.8 Å². The first kappa shape index (κ1) is 22.3. The molecule has 5 rings (SSSR count). The lowest BCUT2D eigenvalue weighted by Crippen LogP contribution is -2.59. The van der Waals surface area contributed by atoms with E-state index in [1.165, 1.54) is 23.5 Å². The number of aromatic nitrogens is 3. The zero-order chi connectivity index (χ0) is 24.0. The SMILES string of the molecule is CNC(=O)Nc1nc2c(s1)[C@H]1CN(C(=O)C(C)C)C[C@@H](C2)N1c1nc(-c2ccc(F)cc2)no1. The van der Waals surface area contributed by atoms with Gasteiger partial charge >= 0.3 is 12.0 Å². The third-order valence-electron chi connectivity index (χ3n) is 6.00. The summed E-state index contributed by atoms with van der Waals surface area (Å²) >= 11 is 1.38. The summed E-state index contributed by atoms with van der Waals surface area (Å²) in [6.45, 7) is 4.72. The molecule has 0 aliphatic carbocycles. The van der Waals surface area contributed by atoms with Crippen molar-refractivity contribution in [2.24, 2.45) is 5.92 Å². The van der Waals surface area contributed by atoms with E-state index in [0.29, 0.717) is 42.0 Å². The molecule has 12 heteroatoms. The molecule has 2 aliphatic heterocycles. The van der Waals surface area contributed by atoms with Crippen molar-refractivity contribution in [3.63, 3.8) is 0 Å². The van der Waals surface area contributed by atoms with Gasteiger partial charge in [-0.3, -0.25) is 10.1 Å². The number of benzene rings is 1. The van der Waals surface area contributed by atoms with Gasteiger partial charge in [-0.1, -0.05) is 30.3 Å². The third-order valence-corrected chi connectivity index (χ3v) is 7.12. The fourth-order valence-corrected chi connectivity index (χ4v) is 5.50. The zero-order valence-electron chi connectivity index (χ0n) is 18.9. The highest BCUT2D eigenvalue weighted by Gasteiger charge is 2.46. The highest BCUT2D eigenvalue weighted by atomic mass is 32.1. The van der Waals surface area contributed by atoms with E-state index in [0.717, 1.165) is 10.6 Å². The lowest BCUT2D eigenvalue weighted by Gasteiger charge is -2.48. The average Bonchev–Trinajstić information content (AvgIpc) is 3.45. The Morgan fingerprint density at radius 2 is 1.97 bits per heavy atom. The van der Waals surface area contributed by atoms with Crippen LogP contribution in [-0.2, 0) is 11.2 Å². The minimum Gasteiger partial charge on any atom is -0.341 e. The van der Waals surface area contributed by atoms with Gasteiger partial charge in [0.15, 0.2) is 5.13 Å². The molecule has 2 bridgehead atoms. The van der Waals surface area contributed by atoms with Gasteiger partial charge in [0.2, 0.25) is 11.7 Å². The van der Waals surface area contributed by atoms with Gasteiger partial charge in [0, 0.05) is 38.0 Å². The second-order valence-corrected chi connectivity index (χ2v) is 9.65. The molecular weight excluding hydrogens is 461 g/mol.